The molecule has 3 N–H and O–H groups in total. The molecule has 4 heteroatoms. The summed E-state index contributed by atoms with van der Waals surface area (Å²) < 4.78 is 25.7. The monoisotopic (exact) mass is 187 g/mol. The number of nitrogens with two attached hydrogens (primary N) is 1. The maximum Gasteiger partial charge on any atom is 0.165 e. The standard InChI is InChI=1S/C9H11F2NO/c10-7-5-9(13)8(11)4-6(7)2-1-3-12/h4-5,13H,1-3,12H2. The van der Waals surface area contributed by atoms with Crippen LogP contribution in [-0.4, -0.2) is 11.7 Å². The van der Waals surface area contributed by atoms with Gasteiger partial charge in [-0.15, -0.1) is 0 Å². The first-order chi connectivity index (χ1) is 6.15. The predicted octanol–water partition coefficient (Wildman–Crippen LogP) is 1.56. The van der Waals surface area contributed by atoms with Gasteiger partial charge in [0.05, 0.1) is 0 Å². The van der Waals surface area contributed by atoms with E-state index in [2.05, 4.69) is 0 Å². The molecular weight excluding hydrogens is 176 g/mol. The largest absolute Gasteiger partial charge is 0.505 e. The number of phenols is 1. The zero-order valence-corrected chi connectivity index (χ0v) is 7.06. The Morgan fingerprint density at radius 2 is 1.92 bits per heavy atom. The maximum absolute atomic E-state index is 13.0. The number of hydrogen-bond acceptors (Lipinski definition) is 2. The second-order valence-corrected chi connectivity index (χ2v) is 2.79. The Morgan fingerprint density at radius 1 is 1.23 bits per heavy atom. The summed E-state index contributed by atoms with van der Waals surface area (Å²) in [4.78, 5) is 0. The second kappa shape index (κ2) is 4.18. The first kappa shape index (κ1) is 9.92. The van der Waals surface area contributed by atoms with Crippen LogP contribution in [-0.2, 0) is 6.42 Å². The van der Waals surface area contributed by atoms with Gasteiger partial charge >= 0.3 is 0 Å². The molecule has 0 radical (unpaired) electrons. The minimum Gasteiger partial charge on any atom is -0.505 e. The van der Waals surface area contributed by atoms with Crippen molar-refractivity contribution in [2.24, 2.45) is 5.73 Å². The number of phenolic OH excluding ortho intramolecular Hbond substituents is 1. The average Bonchev–Trinajstić information content (AvgIpc) is 2.09. The van der Waals surface area contributed by atoms with Crippen molar-refractivity contribution < 1.29 is 13.9 Å². The summed E-state index contributed by atoms with van der Waals surface area (Å²) in [5.74, 6) is -2.05. The third kappa shape index (κ3) is 2.39. The number of benzene rings is 1. The van der Waals surface area contributed by atoms with Crippen molar-refractivity contribution in [3.8, 4) is 5.75 Å². The summed E-state index contributed by atoms with van der Waals surface area (Å²) in [6, 6.07) is 1.78. The molecule has 0 saturated heterocycles. The third-order valence-electron chi connectivity index (χ3n) is 1.77. The molecule has 0 atom stereocenters. The molecule has 0 aliphatic heterocycles. The summed E-state index contributed by atoms with van der Waals surface area (Å²) in [7, 11) is 0. The first-order valence-electron chi connectivity index (χ1n) is 4.02. The summed E-state index contributed by atoms with van der Waals surface area (Å²) in [6.45, 7) is 0.432. The van der Waals surface area contributed by atoms with Gasteiger partial charge < -0.3 is 10.8 Å². The van der Waals surface area contributed by atoms with E-state index in [1.165, 1.54) is 0 Å². The van der Waals surface area contributed by atoms with E-state index < -0.39 is 17.4 Å². The SMILES string of the molecule is NCCCc1cc(F)c(O)cc1F. The minimum atomic E-state index is -0.798. The topological polar surface area (TPSA) is 46.2 Å². The molecule has 1 aromatic carbocycles. The predicted molar refractivity (Wildman–Crippen MR) is 45.4 cm³/mol. The molecule has 0 fully saturated rings. The Kier molecular flexibility index (Phi) is 3.19. The lowest BCUT2D eigenvalue weighted by Gasteiger charge is -2.03. The fourth-order valence-corrected chi connectivity index (χ4v) is 1.06. The lowest BCUT2D eigenvalue weighted by Crippen LogP contribution is -2.02. The van der Waals surface area contributed by atoms with E-state index in [0.717, 1.165) is 12.1 Å². The van der Waals surface area contributed by atoms with E-state index >= 15 is 0 Å². The van der Waals surface area contributed by atoms with Gasteiger partial charge in [-0.05, 0) is 31.0 Å². The van der Waals surface area contributed by atoms with Crippen LogP contribution in [0, 0.1) is 11.6 Å². The summed E-state index contributed by atoms with van der Waals surface area (Å²) in [5, 5.41) is 8.81. The highest BCUT2D eigenvalue weighted by atomic mass is 19.1. The highest BCUT2D eigenvalue weighted by Gasteiger charge is 2.07. The number of halogens is 2. The summed E-state index contributed by atoms with van der Waals surface area (Å²) >= 11 is 0. The molecule has 1 aromatic rings. The molecule has 1 rings (SSSR count). The van der Waals surface area contributed by atoms with Gasteiger partial charge in [0.1, 0.15) is 5.82 Å². The molecule has 72 valence electrons. The van der Waals surface area contributed by atoms with Crippen LogP contribution in [0.4, 0.5) is 8.78 Å². The Hall–Kier alpha value is -1.16. The van der Waals surface area contributed by atoms with Crippen LogP contribution in [0.15, 0.2) is 12.1 Å². The highest BCUT2D eigenvalue weighted by Crippen LogP contribution is 2.20. The van der Waals surface area contributed by atoms with Crippen molar-refractivity contribution in [3.63, 3.8) is 0 Å². The minimum absolute atomic E-state index is 0.251. The van der Waals surface area contributed by atoms with Gasteiger partial charge in [0.25, 0.3) is 0 Å². The van der Waals surface area contributed by atoms with Crippen LogP contribution in [0.25, 0.3) is 0 Å². The van der Waals surface area contributed by atoms with Crippen molar-refractivity contribution in [2.75, 3.05) is 6.54 Å². The van der Waals surface area contributed by atoms with E-state index in [1.54, 1.807) is 0 Å². The Balaban J connectivity index is 2.88. The van der Waals surface area contributed by atoms with E-state index in [-0.39, 0.29) is 5.56 Å². The van der Waals surface area contributed by atoms with Gasteiger partial charge in [0, 0.05) is 6.07 Å². The van der Waals surface area contributed by atoms with Gasteiger partial charge in [-0.3, -0.25) is 0 Å². The van der Waals surface area contributed by atoms with Crippen LogP contribution in [0.1, 0.15) is 12.0 Å². The van der Waals surface area contributed by atoms with Crippen molar-refractivity contribution in [1.29, 1.82) is 0 Å². The van der Waals surface area contributed by atoms with Crippen molar-refractivity contribution in [3.05, 3.63) is 29.3 Å². The normalized spacial score (nSPS) is 10.4. The Labute approximate surface area is 75.0 Å². The lowest BCUT2D eigenvalue weighted by molar-refractivity contribution is 0.424. The molecule has 0 unspecified atom stereocenters. The molecule has 0 bridgehead atoms. The molecule has 0 amide bonds. The number of aryl methyl sites for hydroxylation is 1. The quantitative estimate of drug-likeness (QED) is 0.754. The highest BCUT2D eigenvalue weighted by molar-refractivity contribution is 5.29. The lowest BCUT2D eigenvalue weighted by atomic mass is 10.1. The fourth-order valence-electron chi connectivity index (χ4n) is 1.06. The number of hydrogen-bond donors (Lipinski definition) is 2. The Morgan fingerprint density at radius 3 is 2.54 bits per heavy atom. The van der Waals surface area contributed by atoms with Crippen LogP contribution in [0.2, 0.25) is 0 Å². The molecule has 0 heterocycles. The maximum atomic E-state index is 13.0. The van der Waals surface area contributed by atoms with Crippen LogP contribution < -0.4 is 5.73 Å². The molecule has 13 heavy (non-hydrogen) atoms. The molecule has 0 aromatic heterocycles. The summed E-state index contributed by atoms with van der Waals surface area (Å²) in [5.41, 5.74) is 5.48. The molecule has 0 aliphatic rings. The van der Waals surface area contributed by atoms with Crippen molar-refractivity contribution in [2.45, 2.75) is 12.8 Å². The molecule has 0 aliphatic carbocycles. The van der Waals surface area contributed by atoms with Gasteiger partial charge in [-0.2, -0.15) is 0 Å². The molecule has 0 spiro atoms. The van der Waals surface area contributed by atoms with Gasteiger partial charge in [0.15, 0.2) is 11.6 Å². The third-order valence-corrected chi connectivity index (χ3v) is 1.77. The van der Waals surface area contributed by atoms with Crippen molar-refractivity contribution in [1.82, 2.24) is 0 Å². The van der Waals surface area contributed by atoms with Gasteiger partial charge in [0.2, 0.25) is 0 Å². The van der Waals surface area contributed by atoms with E-state index in [1.807, 2.05) is 0 Å². The molecular formula is C9H11F2NO. The zero-order chi connectivity index (χ0) is 9.84. The van der Waals surface area contributed by atoms with E-state index in [4.69, 9.17) is 10.8 Å². The van der Waals surface area contributed by atoms with Crippen LogP contribution in [0.3, 0.4) is 0 Å². The fraction of sp³-hybridized carbons (Fsp3) is 0.333. The summed E-state index contributed by atoms with van der Waals surface area (Å²) in [6.07, 6.45) is 0.987. The molecule has 0 saturated carbocycles. The molecule has 2 nitrogen and oxygen atoms in total. The zero-order valence-electron chi connectivity index (χ0n) is 7.06. The number of aromatic hydroxyl groups is 1. The average molecular weight is 187 g/mol. The van der Waals surface area contributed by atoms with Crippen LogP contribution >= 0.6 is 0 Å². The smallest absolute Gasteiger partial charge is 0.165 e. The van der Waals surface area contributed by atoms with E-state index in [0.29, 0.717) is 19.4 Å². The van der Waals surface area contributed by atoms with Gasteiger partial charge in [-0.25, -0.2) is 8.78 Å². The van der Waals surface area contributed by atoms with E-state index in [9.17, 15) is 8.78 Å². The Bertz CT molecular complexity index is 302. The van der Waals surface area contributed by atoms with Gasteiger partial charge in [-0.1, -0.05) is 0 Å². The van der Waals surface area contributed by atoms with Crippen molar-refractivity contribution >= 4 is 0 Å². The first-order valence-corrected chi connectivity index (χ1v) is 4.02. The second-order valence-electron chi connectivity index (χ2n) is 2.79. The van der Waals surface area contributed by atoms with Crippen LogP contribution in [0.5, 0.6) is 5.75 Å². The number of rotatable bonds is 3.